The van der Waals surface area contributed by atoms with Crippen LogP contribution in [-0.2, 0) is 25.7 Å². The zero-order valence-electron chi connectivity index (χ0n) is 21.8. The number of pyridine rings is 1. The van der Waals surface area contributed by atoms with Crippen molar-refractivity contribution in [3.63, 3.8) is 0 Å². The molecule has 3 unspecified atom stereocenters. The van der Waals surface area contributed by atoms with Gasteiger partial charge >= 0.3 is 5.97 Å². The maximum absolute atomic E-state index is 13.2. The summed E-state index contributed by atoms with van der Waals surface area (Å²) in [5.41, 5.74) is -0.126. The number of nitrogens with one attached hydrogen (secondary N) is 3. The Morgan fingerprint density at radius 1 is 1.26 bits per heavy atom. The molecule has 2 aliphatic rings. The zero-order valence-corrected chi connectivity index (χ0v) is 22.7. The second-order valence-electron chi connectivity index (χ2n) is 9.91. The van der Waals surface area contributed by atoms with Crippen molar-refractivity contribution >= 4 is 40.9 Å². The van der Waals surface area contributed by atoms with Crippen LogP contribution in [0.1, 0.15) is 53.9 Å². The van der Waals surface area contributed by atoms with Crippen molar-refractivity contribution in [3.8, 4) is 0 Å². The molecule has 2 aromatic heterocycles. The predicted molar refractivity (Wildman–Crippen MR) is 143 cm³/mol. The van der Waals surface area contributed by atoms with Crippen molar-refractivity contribution in [1.29, 1.82) is 0 Å². The molecule has 2 bridgehead atoms. The molecule has 12 nitrogen and oxygen atoms in total. The normalized spacial score (nSPS) is 20.5. The lowest BCUT2D eigenvalue weighted by Gasteiger charge is -2.23. The molecule has 2 aliphatic carbocycles. The number of aryl methyl sites for hydroxylation is 1. The van der Waals surface area contributed by atoms with Crippen LogP contribution in [0.3, 0.4) is 0 Å². The lowest BCUT2D eigenvalue weighted by molar-refractivity contribution is -0.134. The van der Waals surface area contributed by atoms with Crippen LogP contribution in [0.25, 0.3) is 0 Å². The maximum Gasteiger partial charge on any atom is 0.330 e. The number of carbonyl (C=O) groups is 4. The number of nitrogens with zero attached hydrogens (tertiary/aromatic N) is 3. The highest BCUT2D eigenvalue weighted by Gasteiger charge is 2.40. The summed E-state index contributed by atoms with van der Waals surface area (Å²) in [4.78, 5) is 63.3. The Balaban J connectivity index is 1.41. The van der Waals surface area contributed by atoms with Gasteiger partial charge in [0.25, 0.3) is 11.5 Å². The van der Waals surface area contributed by atoms with Crippen LogP contribution in [0.4, 0.5) is 5.69 Å². The van der Waals surface area contributed by atoms with Gasteiger partial charge in [-0.15, -0.1) is 5.10 Å². The quantitative estimate of drug-likeness (QED) is 0.278. The smallest absolute Gasteiger partial charge is 0.330 e. The van der Waals surface area contributed by atoms with E-state index >= 15 is 0 Å². The largest absolute Gasteiger partial charge is 0.466 e. The molecule has 3 N–H and O–H groups in total. The lowest BCUT2D eigenvalue weighted by Crippen LogP contribution is -2.45. The number of fused-ring (bicyclic) bond motifs is 2. The Bertz CT molecular complexity index is 1320. The molecule has 13 heteroatoms. The van der Waals surface area contributed by atoms with Gasteiger partial charge in [-0.05, 0) is 74.5 Å². The van der Waals surface area contributed by atoms with Gasteiger partial charge in [-0.25, -0.2) is 4.79 Å². The second kappa shape index (κ2) is 12.8. The molecule has 0 aromatic carbocycles. The molecule has 0 saturated heterocycles. The first-order valence-corrected chi connectivity index (χ1v) is 13.7. The number of rotatable bonds is 11. The molecule has 4 atom stereocenters. The molecule has 0 spiro atoms. The van der Waals surface area contributed by atoms with E-state index in [9.17, 15) is 24.0 Å². The Labute approximate surface area is 229 Å². The van der Waals surface area contributed by atoms with Crippen molar-refractivity contribution in [2.75, 3.05) is 12.4 Å². The molecule has 2 saturated carbocycles. The fraction of sp³-hybridized carbons (Fsp3) is 0.500. The average molecular weight is 557 g/mol. The molecule has 208 valence electrons. The van der Waals surface area contributed by atoms with Gasteiger partial charge in [0.2, 0.25) is 11.8 Å². The number of carbonyl (C=O) groups excluding carboxylic acids is 4. The summed E-state index contributed by atoms with van der Waals surface area (Å²) in [5.74, 6) is -0.730. The lowest BCUT2D eigenvalue weighted by atomic mass is 9.95. The molecule has 2 aromatic rings. The number of anilines is 1. The fourth-order valence-electron chi connectivity index (χ4n) is 5.25. The van der Waals surface area contributed by atoms with E-state index in [4.69, 9.17) is 0 Å². The van der Waals surface area contributed by atoms with Crippen molar-refractivity contribution in [2.24, 2.45) is 11.8 Å². The molecule has 0 aliphatic heterocycles. The molecular weight excluding hydrogens is 524 g/mol. The highest BCUT2D eigenvalue weighted by molar-refractivity contribution is 7.08. The number of ether oxygens (including phenoxy) is 1. The van der Waals surface area contributed by atoms with Crippen LogP contribution >= 0.6 is 11.5 Å². The number of methoxy groups -OCH3 is 1. The number of hydrogen-bond acceptors (Lipinski definition) is 9. The first-order chi connectivity index (χ1) is 18.7. The third-order valence-electron chi connectivity index (χ3n) is 7.23. The topological polar surface area (TPSA) is 161 Å². The van der Waals surface area contributed by atoms with Crippen LogP contribution in [-0.4, -0.2) is 57.0 Å². The summed E-state index contributed by atoms with van der Waals surface area (Å²) >= 11 is 0.904. The fourth-order valence-corrected chi connectivity index (χ4v) is 5.81. The molecular formula is C26H32N6O6S. The van der Waals surface area contributed by atoms with Gasteiger partial charge < -0.3 is 25.3 Å². The number of aromatic nitrogens is 3. The minimum Gasteiger partial charge on any atom is -0.466 e. The summed E-state index contributed by atoms with van der Waals surface area (Å²) in [5, 5.41) is 12.1. The maximum atomic E-state index is 13.2. The highest BCUT2D eigenvalue weighted by atomic mass is 32.1. The number of esters is 1. The van der Waals surface area contributed by atoms with E-state index in [0.717, 1.165) is 30.8 Å². The standard InChI is InChI=1S/C26H32N6O6S/c1-15-23(39-31-30-15)25(36)28-18(6-3-4-8-22(34)38-2)24(35)29-19-7-5-11-32(26(19)37)14-21(33)27-20-13-16-9-10-17(20)12-16/h4-5,7-8,11,16-18,20H,3,6,9-10,12-14H2,1-2H3,(H,27,33)(H,28,36)(H,29,35)/b8-4+/t16?,17?,18-,20?/m0/s1. The van der Waals surface area contributed by atoms with Gasteiger partial charge in [0.1, 0.15) is 23.2 Å². The SMILES string of the molecule is COC(=O)/C=C/CC[C@H](NC(=O)c1snnc1C)C(=O)Nc1cccn(CC(=O)NC2CC3CCC2C3)c1=O. The Morgan fingerprint density at radius 3 is 2.74 bits per heavy atom. The second-order valence-corrected chi connectivity index (χ2v) is 10.7. The van der Waals surface area contributed by atoms with E-state index in [2.05, 4.69) is 30.3 Å². The summed E-state index contributed by atoms with van der Waals surface area (Å²) in [7, 11) is 1.25. The molecule has 2 heterocycles. The van der Waals surface area contributed by atoms with Crippen molar-refractivity contribution in [2.45, 2.75) is 64.1 Å². The molecule has 4 rings (SSSR count). The molecule has 2 fully saturated rings. The van der Waals surface area contributed by atoms with E-state index in [1.54, 1.807) is 13.0 Å². The monoisotopic (exact) mass is 556 g/mol. The Hall–Kier alpha value is -3.87. The van der Waals surface area contributed by atoms with Crippen molar-refractivity contribution in [1.82, 2.24) is 24.8 Å². The highest BCUT2D eigenvalue weighted by Crippen LogP contribution is 2.44. The average Bonchev–Trinajstić information content (AvgIpc) is 3.65. The molecule has 3 amide bonds. The van der Waals surface area contributed by atoms with E-state index in [-0.39, 0.29) is 41.9 Å². The summed E-state index contributed by atoms with van der Waals surface area (Å²) in [6.07, 6.45) is 9.16. The number of allylic oxidation sites excluding steroid dienone is 1. The van der Waals surface area contributed by atoms with Gasteiger partial charge in [-0.3, -0.25) is 19.2 Å². The van der Waals surface area contributed by atoms with Crippen LogP contribution in [0, 0.1) is 18.8 Å². The van der Waals surface area contributed by atoms with E-state index in [1.165, 1.54) is 42.5 Å². The summed E-state index contributed by atoms with van der Waals surface area (Å²) in [6, 6.07) is 2.14. The van der Waals surface area contributed by atoms with Gasteiger partial charge in [0.05, 0.1) is 12.8 Å². The van der Waals surface area contributed by atoms with Crippen LogP contribution in [0.15, 0.2) is 35.3 Å². The van der Waals surface area contributed by atoms with Gasteiger partial charge in [0.15, 0.2) is 0 Å². The first kappa shape index (κ1) is 28.1. The van der Waals surface area contributed by atoms with E-state index in [0.29, 0.717) is 17.5 Å². The minimum atomic E-state index is -1.03. The number of hydrogen-bond donors (Lipinski definition) is 3. The summed E-state index contributed by atoms with van der Waals surface area (Å²) < 4.78 is 9.55. The van der Waals surface area contributed by atoms with Gasteiger partial charge in [0, 0.05) is 18.3 Å². The van der Waals surface area contributed by atoms with Crippen LogP contribution in [0.5, 0.6) is 0 Å². The minimum absolute atomic E-state index is 0.0183. The van der Waals surface area contributed by atoms with E-state index < -0.39 is 29.4 Å². The van der Waals surface area contributed by atoms with Crippen LogP contribution < -0.4 is 21.5 Å². The summed E-state index contributed by atoms with van der Waals surface area (Å²) in [6.45, 7) is 1.47. The third-order valence-corrected chi connectivity index (χ3v) is 8.06. The number of amides is 3. The predicted octanol–water partition coefficient (Wildman–Crippen LogP) is 1.56. The first-order valence-electron chi connectivity index (χ1n) is 12.9. The van der Waals surface area contributed by atoms with E-state index in [1.807, 2.05) is 0 Å². The van der Waals surface area contributed by atoms with Gasteiger partial charge in [-0.2, -0.15) is 0 Å². The Morgan fingerprint density at radius 2 is 2.08 bits per heavy atom. The van der Waals surface area contributed by atoms with Crippen molar-refractivity contribution in [3.05, 3.63) is 51.4 Å². The third kappa shape index (κ3) is 7.16. The van der Waals surface area contributed by atoms with Crippen molar-refractivity contribution < 1.29 is 23.9 Å². The van der Waals surface area contributed by atoms with Gasteiger partial charge in [-0.1, -0.05) is 17.0 Å². The Kier molecular flexibility index (Phi) is 9.23. The molecule has 0 radical (unpaired) electrons. The van der Waals surface area contributed by atoms with Crippen LogP contribution in [0.2, 0.25) is 0 Å². The zero-order chi connectivity index (χ0) is 27.9. The molecule has 39 heavy (non-hydrogen) atoms.